The van der Waals surface area contributed by atoms with E-state index < -0.39 is 0 Å². The molecule has 2 aromatic carbocycles. The van der Waals surface area contributed by atoms with Crippen molar-refractivity contribution in [3.05, 3.63) is 76.2 Å². The average Bonchev–Trinajstić information content (AvgIpc) is 2.78. The lowest BCUT2D eigenvalue weighted by Crippen LogP contribution is -2.27. The van der Waals surface area contributed by atoms with Gasteiger partial charge in [-0.05, 0) is 41.5 Å². The monoisotopic (exact) mass is 309 g/mol. The van der Waals surface area contributed by atoms with Crippen LogP contribution < -0.4 is 0 Å². The van der Waals surface area contributed by atoms with Crippen LogP contribution in [0.4, 0.5) is 4.79 Å². The largest absolute Gasteiger partial charge is 0.293 e. The summed E-state index contributed by atoms with van der Waals surface area (Å²) in [5.74, 6) is -0.220. The highest BCUT2D eigenvalue weighted by Gasteiger charge is 2.34. The summed E-state index contributed by atoms with van der Waals surface area (Å²) in [6, 6.07) is 17.3. The zero-order valence-corrected chi connectivity index (χ0v) is 13.0. The summed E-state index contributed by atoms with van der Waals surface area (Å²) < 4.78 is 0. The Morgan fingerprint density at radius 1 is 1.00 bits per heavy atom. The zero-order valence-electron chi connectivity index (χ0n) is 12.2. The Labute approximate surface area is 133 Å². The van der Waals surface area contributed by atoms with Crippen molar-refractivity contribution < 1.29 is 9.59 Å². The minimum Gasteiger partial charge on any atom is -0.268 e. The van der Waals surface area contributed by atoms with Gasteiger partial charge in [-0.2, -0.15) is 0 Å². The van der Waals surface area contributed by atoms with Crippen LogP contribution in [0.25, 0.3) is 6.08 Å². The van der Waals surface area contributed by atoms with Crippen molar-refractivity contribution in [1.82, 2.24) is 4.90 Å². The Morgan fingerprint density at radius 2 is 1.68 bits per heavy atom. The second kappa shape index (κ2) is 6.20. The molecule has 1 heterocycles. The molecular formula is C18H15NO2S. The van der Waals surface area contributed by atoms with E-state index in [0.717, 1.165) is 28.5 Å². The van der Waals surface area contributed by atoms with Crippen molar-refractivity contribution in [1.29, 1.82) is 0 Å². The van der Waals surface area contributed by atoms with Gasteiger partial charge in [-0.3, -0.25) is 14.5 Å². The Kier molecular flexibility index (Phi) is 4.11. The Bertz CT molecular complexity index is 753. The molecule has 0 aromatic heterocycles. The van der Waals surface area contributed by atoms with Gasteiger partial charge in [-0.1, -0.05) is 54.6 Å². The van der Waals surface area contributed by atoms with Gasteiger partial charge in [0.25, 0.3) is 11.1 Å². The van der Waals surface area contributed by atoms with E-state index in [0.29, 0.717) is 11.4 Å². The molecule has 0 aliphatic carbocycles. The van der Waals surface area contributed by atoms with E-state index in [1.54, 1.807) is 6.08 Å². The second-order valence-corrected chi connectivity index (χ2v) is 6.10. The molecule has 0 N–H and O–H groups in total. The van der Waals surface area contributed by atoms with Crippen molar-refractivity contribution in [2.75, 3.05) is 0 Å². The quantitative estimate of drug-likeness (QED) is 0.796. The smallest absolute Gasteiger partial charge is 0.268 e. The molecule has 0 atom stereocenters. The van der Waals surface area contributed by atoms with Crippen LogP contribution >= 0.6 is 11.8 Å². The number of thioether (sulfide) groups is 1. The van der Waals surface area contributed by atoms with E-state index >= 15 is 0 Å². The Morgan fingerprint density at radius 3 is 2.41 bits per heavy atom. The molecule has 110 valence electrons. The predicted octanol–water partition coefficient (Wildman–Crippen LogP) is 4.23. The number of nitrogens with zero attached hydrogens (tertiary/aromatic N) is 1. The molecule has 22 heavy (non-hydrogen) atoms. The van der Waals surface area contributed by atoms with Crippen LogP contribution in [0.2, 0.25) is 0 Å². The molecule has 0 saturated carbocycles. The van der Waals surface area contributed by atoms with Crippen LogP contribution in [0.1, 0.15) is 16.7 Å². The molecule has 0 radical (unpaired) electrons. The topological polar surface area (TPSA) is 37.4 Å². The second-order valence-electron chi connectivity index (χ2n) is 5.11. The van der Waals surface area contributed by atoms with Gasteiger partial charge in [0, 0.05) is 0 Å². The third-order valence-electron chi connectivity index (χ3n) is 3.53. The molecule has 1 saturated heterocycles. The number of hydrogen-bond donors (Lipinski definition) is 0. The summed E-state index contributed by atoms with van der Waals surface area (Å²) in [6.07, 6.45) is 1.80. The number of imide groups is 1. The molecule has 3 nitrogen and oxygen atoms in total. The Hall–Kier alpha value is -2.33. The molecule has 1 aliphatic heterocycles. The van der Waals surface area contributed by atoms with Crippen LogP contribution in [0, 0.1) is 6.92 Å². The van der Waals surface area contributed by atoms with Crippen molar-refractivity contribution in [3.63, 3.8) is 0 Å². The number of aryl methyl sites for hydroxylation is 1. The van der Waals surface area contributed by atoms with E-state index in [1.165, 1.54) is 4.90 Å². The number of rotatable bonds is 3. The molecule has 0 unspecified atom stereocenters. The fraction of sp³-hybridized carbons (Fsp3) is 0.111. The van der Waals surface area contributed by atoms with Gasteiger partial charge in [0.1, 0.15) is 0 Å². The average molecular weight is 309 g/mol. The van der Waals surface area contributed by atoms with Crippen molar-refractivity contribution in [2.45, 2.75) is 13.5 Å². The van der Waals surface area contributed by atoms with Gasteiger partial charge in [-0.15, -0.1) is 0 Å². The summed E-state index contributed by atoms with van der Waals surface area (Å²) in [5, 5.41) is -0.214. The van der Waals surface area contributed by atoms with Gasteiger partial charge in [0.15, 0.2) is 0 Å². The van der Waals surface area contributed by atoms with Gasteiger partial charge < -0.3 is 0 Å². The lowest BCUT2D eigenvalue weighted by atomic mass is 10.1. The summed E-state index contributed by atoms with van der Waals surface area (Å²) >= 11 is 1.00. The first-order chi connectivity index (χ1) is 10.6. The fourth-order valence-corrected chi connectivity index (χ4v) is 3.12. The number of carbonyl (C=O) groups is 2. The number of benzene rings is 2. The molecule has 4 heteroatoms. The van der Waals surface area contributed by atoms with E-state index in [2.05, 4.69) is 0 Å². The van der Waals surface area contributed by atoms with Gasteiger partial charge >= 0.3 is 0 Å². The predicted molar refractivity (Wildman–Crippen MR) is 89.1 cm³/mol. The highest BCUT2D eigenvalue weighted by Crippen LogP contribution is 2.33. The molecule has 1 aliphatic rings. The maximum Gasteiger partial charge on any atom is 0.293 e. The van der Waals surface area contributed by atoms with Crippen LogP contribution in [-0.2, 0) is 11.3 Å². The standard InChI is InChI=1S/C18H15NO2S/c1-13-7-5-6-10-15(13)11-16-17(20)19(18(21)22-16)12-14-8-3-2-4-9-14/h2-11H,12H2,1H3/b16-11-. The first-order valence-corrected chi connectivity index (χ1v) is 7.82. The molecule has 3 rings (SSSR count). The van der Waals surface area contributed by atoms with Crippen molar-refractivity contribution >= 4 is 29.0 Å². The number of hydrogen-bond acceptors (Lipinski definition) is 3. The molecule has 2 aromatic rings. The number of amides is 2. The third kappa shape index (κ3) is 2.97. The summed E-state index contributed by atoms with van der Waals surface area (Å²) in [7, 11) is 0. The summed E-state index contributed by atoms with van der Waals surface area (Å²) in [4.78, 5) is 26.3. The molecular weight excluding hydrogens is 294 g/mol. The maximum atomic E-state index is 12.5. The van der Waals surface area contributed by atoms with Crippen LogP contribution in [-0.4, -0.2) is 16.0 Å². The van der Waals surface area contributed by atoms with E-state index in [1.807, 2.05) is 61.5 Å². The minimum atomic E-state index is -0.220. The highest BCUT2D eigenvalue weighted by atomic mass is 32.2. The maximum absolute atomic E-state index is 12.5. The van der Waals surface area contributed by atoms with Crippen molar-refractivity contribution in [2.24, 2.45) is 0 Å². The molecule has 0 bridgehead atoms. The highest BCUT2D eigenvalue weighted by molar-refractivity contribution is 8.18. The molecule has 2 amide bonds. The third-order valence-corrected chi connectivity index (χ3v) is 4.44. The van der Waals surface area contributed by atoms with Gasteiger partial charge in [-0.25, -0.2) is 0 Å². The van der Waals surface area contributed by atoms with Gasteiger partial charge in [0.05, 0.1) is 11.4 Å². The van der Waals surface area contributed by atoms with Crippen LogP contribution in [0.5, 0.6) is 0 Å². The first-order valence-electron chi connectivity index (χ1n) is 7.00. The lowest BCUT2D eigenvalue weighted by molar-refractivity contribution is -0.123. The van der Waals surface area contributed by atoms with Crippen LogP contribution in [0.15, 0.2) is 59.5 Å². The normalized spacial score (nSPS) is 16.6. The van der Waals surface area contributed by atoms with E-state index in [9.17, 15) is 9.59 Å². The molecule has 1 fully saturated rings. The summed E-state index contributed by atoms with van der Waals surface area (Å²) in [6.45, 7) is 2.30. The zero-order chi connectivity index (χ0) is 15.5. The Balaban J connectivity index is 1.84. The molecule has 0 spiro atoms. The fourth-order valence-electron chi connectivity index (χ4n) is 2.29. The van der Waals surface area contributed by atoms with Gasteiger partial charge in [0.2, 0.25) is 0 Å². The van der Waals surface area contributed by atoms with E-state index in [-0.39, 0.29) is 11.1 Å². The van der Waals surface area contributed by atoms with Crippen molar-refractivity contribution in [3.8, 4) is 0 Å². The summed E-state index contributed by atoms with van der Waals surface area (Å²) in [5.41, 5.74) is 2.99. The number of carbonyl (C=O) groups excluding carboxylic acids is 2. The SMILES string of the molecule is Cc1ccccc1/C=C1\SC(=O)N(Cc2ccccc2)C1=O. The van der Waals surface area contributed by atoms with Crippen LogP contribution in [0.3, 0.4) is 0 Å². The minimum absolute atomic E-state index is 0.214. The lowest BCUT2D eigenvalue weighted by Gasteiger charge is -2.12. The van der Waals surface area contributed by atoms with E-state index in [4.69, 9.17) is 0 Å². The first kappa shape index (κ1) is 14.6.